The number of hydrogen-bond donors (Lipinski definition) is 2. The molecule has 0 aliphatic heterocycles. The predicted octanol–water partition coefficient (Wildman–Crippen LogP) is 1.63. The lowest BCUT2D eigenvalue weighted by Gasteiger charge is -2.13. The molecule has 116 valence electrons. The van der Waals surface area contributed by atoms with E-state index in [1.165, 1.54) is 0 Å². The number of nitrogens with one attached hydrogen (secondary N) is 2. The second-order valence-corrected chi connectivity index (χ2v) is 5.52. The molecule has 0 heterocycles. The van der Waals surface area contributed by atoms with Gasteiger partial charge in [0.25, 0.3) is 5.91 Å². The summed E-state index contributed by atoms with van der Waals surface area (Å²) in [5.41, 5.74) is 3.16. The molecule has 21 heavy (non-hydrogen) atoms. The Balaban J connectivity index is 2.45. The van der Waals surface area contributed by atoms with Gasteiger partial charge in [-0.15, -0.1) is 0 Å². The number of benzene rings is 1. The lowest BCUT2D eigenvalue weighted by atomic mass is 10.1. The predicted molar refractivity (Wildman–Crippen MR) is 82.4 cm³/mol. The number of amides is 2. The van der Waals surface area contributed by atoms with E-state index < -0.39 is 0 Å². The van der Waals surface area contributed by atoms with Gasteiger partial charge < -0.3 is 15.4 Å². The molecule has 1 aromatic rings. The normalized spacial score (nSPS) is 10.4. The molecule has 0 saturated carbocycles. The van der Waals surface area contributed by atoms with Crippen LogP contribution in [0.3, 0.4) is 0 Å². The maximum atomic E-state index is 11.7. The highest BCUT2D eigenvalue weighted by atomic mass is 16.5. The Labute approximate surface area is 126 Å². The number of ether oxygens (including phenoxy) is 1. The molecule has 0 fully saturated rings. The van der Waals surface area contributed by atoms with Crippen molar-refractivity contribution in [2.75, 3.05) is 13.2 Å². The number of rotatable bonds is 6. The van der Waals surface area contributed by atoms with Crippen LogP contribution in [0.15, 0.2) is 12.1 Å². The smallest absolute Gasteiger partial charge is 0.258 e. The molecule has 0 bridgehead atoms. The fourth-order valence-corrected chi connectivity index (χ4v) is 2.14. The van der Waals surface area contributed by atoms with Gasteiger partial charge in [-0.2, -0.15) is 0 Å². The Hall–Kier alpha value is -2.04. The van der Waals surface area contributed by atoms with Crippen LogP contribution in [0, 0.1) is 20.8 Å². The van der Waals surface area contributed by atoms with E-state index in [0.29, 0.717) is 0 Å². The van der Waals surface area contributed by atoms with Gasteiger partial charge in [-0.1, -0.05) is 17.7 Å². The highest BCUT2D eigenvalue weighted by Gasteiger charge is 2.10. The molecule has 0 aliphatic rings. The molecule has 2 amide bonds. The molecule has 0 aromatic heterocycles. The van der Waals surface area contributed by atoms with Crippen LogP contribution in [-0.2, 0) is 9.59 Å². The van der Waals surface area contributed by atoms with Crippen molar-refractivity contribution in [2.24, 2.45) is 0 Å². The van der Waals surface area contributed by atoms with Crippen molar-refractivity contribution in [3.63, 3.8) is 0 Å². The monoisotopic (exact) mass is 292 g/mol. The minimum atomic E-state index is -0.312. The Bertz CT molecular complexity index is 501. The second-order valence-electron chi connectivity index (χ2n) is 5.52. The van der Waals surface area contributed by atoms with Crippen LogP contribution in [-0.4, -0.2) is 31.0 Å². The third kappa shape index (κ3) is 5.85. The standard InChI is InChI=1S/C16H24N2O3/c1-10(2)18-14(19)8-17-15(20)9-21-16-12(4)6-11(3)7-13(16)5/h6-7,10H,8-9H2,1-5H3,(H,17,20)(H,18,19). The topological polar surface area (TPSA) is 67.4 Å². The van der Waals surface area contributed by atoms with Crippen molar-refractivity contribution in [1.29, 1.82) is 0 Å². The van der Waals surface area contributed by atoms with Crippen molar-refractivity contribution < 1.29 is 14.3 Å². The van der Waals surface area contributed by atoms with E-state index in [2.05, 4.69) is 10.6 Å². The Morgan fingerprint density at radius 3 is 2.19 bits per heavy atom. The van der Waals surface area contributed by atoms with E-state index in [0.717, 1.165) is 22.4 Å². The maximum absolute atomic E-state index is 11.7. The highest BCUT2D eigenvalue weighted by Crippen LogP contribution is 2.24. The maximum Gasteiger partial charge on any atom is 0.258 e. The summed E-state index contributed by atoms with van der Waals surface area (Å²) in [7, 11) is 0. The number of carbonyl (C=O) groups is 2. The zero-order chi connectivity index (χ0) is 16.0. The van der Waals surface area contributed by atoms with Crippen molar-refractivity contribution in [3.8, 4) is 5.75 Å². The van der Waals surface area contributed by atoms with Crippen LogP contribution in [0.2, 0.25) is 0 Å². The van der Waals surface area contributed by atoms with Gasteiger partial charge in [0.15, 0.2) is 6.61 Å². The summed E-state index contributed by atoms with van der Waals surface area (Å²) in [5, 5.41) is 5.23. The fourth-order valence-electron chi connectivity index (χ4n) is 2.14. The number of carbonyl (C=O) groups excluding carboxylic acids is 2. The van der Waals surface area contributed by atoms with Crippen LogP contribution >= 0.6 is 0 Å². The molecule has 1 aromatic carbocycles. The van der Waals surface area contributed by atoms with Crippen LogP contribution in [0.25, 0.3) is 0 Å². The summed E-state index contributed by atoms with van der Waals surface area (Å²) in [6.07, 6.45) is 0. The van der Waals surface area contributed by atoms with E-state index in [1.807, 2.05) is 46.8 Å². The van der Waals surface area contributed by atoms with Gasteiger partial charge in [0.05, 0.1) is 6.54 Å². The van der Waals surface area contributed by atoms with Gasteiger partial charge >= 0.3 is 0 Å². The lowest BCUT2D eigenvalue weighted by molar-refractivity contribution is -0.127. The quantitative estimate of drug-likeness (QED) is 0.837. The van der Waals surface area contributed by atoms with Gasteiger partial charge in [0, 0.05) is 6.04 Å². The first kappa shape index (κ1) is 17.0. The Morgan fingerprint density at radius 2 is 1.67 bits per heavy atom. The molecule has 0 spiro atoms. The summed E-state index contributed by atoms with van der Waals surface area (Å²) >= 11 is 0. The molecular formula is C16H24N2O3. The van der Waals surface area contributed by atoms with Crippen LogP contribution in [0.5, 0.6) is 5.75 Å². The molecular weight excluding hydrogens is 268 g/mol. The van der Waals surface area contributed by atoms with Gasteiger partial charge in [0.2, 0.25) is 5.91 Å². The molecule has 0 unspecified atom stereocenters. The van der Waals surface area contributed by atoms with E-state index in [9.17, 15) is 9.59 Å². The molecule has 5 nitrogen and oxygen atoms in total. The molecule has 0 saturated heterocycles. The molecule has 5 heteroatoms. The van der Waals surface area contributed by atoms with Crippen LogP contribution in [0.1, 0.15) is 30.5 Å². The van der Waals surface area contributed by atoms with E-state index in [4.69, 9.17) is 4.74 Å². The third-order valence-corrected chi connectivity index (χ3v) is 2.85. The van der Waals surface area contributed by atoms with Crippen molar-refractivity contribution in [3.05, 3.63) is 28.8 Å². The van der Waals surface area contributed by atoms with Crippen LogP contribution in [0.4, 0.5) is 0 Å². The van der Waals surface area contributed by atoms with Crippen molar-refractivity contribution in [2.45, 2.75) is 40.7 Å². The molecule has 1 rings (SSSR count). The third-order valence-electron chi connectivity index (χ3n) is 2.85. The number of hydrogen-bond acceptors (Lipinski definition) is 3. The SMILES string of the molecule is Cc1cc(C)c(OCC(=O)NCC(=O)NC(C)C)c(C)c1. The van der Waals surface area contributed by atoms with Crippen molar-refractivity contribution in [1.82, 2.24) is 10.6 Å². The van der Waals surface area contributed by atoms with Gasteiger partial charge in [0.1, 0.15) is 5.75 Å². The lowest BCUT2D eigenvalue weighted by Crippen LogP contribution is -2.41. The minimum Gasteiger partial charge on any atom is -0.483 e. The van der Waals surface area contributed by atoms with Crippen molar-refractivity contribution >= 4 is 11.8 Å². The summed E-state index contributed by atoms with van der Waals surface area (Å²) < 4.78 is 5.55. The van der Waals surface area contributed by atoms with Gasteiger partial charge in [-0.25, -0.2) is 0 Å². The van der Waals surface area contributed by atoms with E-state index >= 15 is 0 Å². The molecule has 2 N–H and O–H groups in total. The average molecular weight is 292 g/mol. The van der Waals surface area contributed by atoms with E-state index in [-0.39, 0.29) is 31.0 Å². The van der Waals surface area contributed by atoms with Crippen LogP contribution < -0.4 is 15.4 Å². The first-order chi connectivity index (χ1) is 9.79. The van der Waals surface area contributed by atoms with Gasteiger partial charge in [-0.05, 0) is 45.7 Å². The number of aryl methyl sites for hydroxylation is 3. The van der Waals surface area contributed by atoms with Gasteiger partial charge in [-0.3, -0.25) is 9.59 Å². The molecule has 0 atom stereocenters. The highest BCUT2D eigenvalue weighted by molar-refractivity contribution is 5.85. The summed E-state index contributed by atoms with van der Waals surface area (Å²) in [6.45, 7) is 9.51. The summed E-state index contributed by atoms with van der Waals surface area (Å²) in [4.78, 5) is 23.1. The second kappa shape index (κ2) is 7.67. The average Bonchev–Trinajstić information content (AvgIpc) is 2.34. The summed E-state index contributed by atoms with van der Waals surface area (Å²) in [6, 6.07) is 4.08. The minimum absolute atomic E-state index is 0.0355. The first-order valence-electron chi connectivity index (χ1n) is 7.06. The fraction of sp³-hybridized carbons (Fsp3) is 0.500. The summed E-state index contributed by atoms with van der Waals surface area (Å²) in [5.74, 6) is 0.205. The zero-order valence-electron chi connectivity index (χ0n) is 13.4. The Kier molecular flexibility index (Phi) is 6.21. The largest absolute Gasteiger partial charge is 0.483 e. The molecule has 0 radical (unpaired) electrons. The first-order valence-corrected chi connectivity index (χ1v) is 7.06. The zero-order valence-corrected chi connectivity index (χ0v) is 13.4. The Morgan fingerprint density at radius 1 is 1.10 bits per heavy atom. The molecule has 0 aliphatic carbocycles. The van der Waals surface area contributed by atoms with E-state index in [1.54, 1.807) is 0 Å².